The summed E-state index contributed by atoms with van der Waals surface area (Å²) in [6, 6.07) is 11.5. The first-order chi connectivity index (χ1) is 17.3. The number of rotatable bonds is 9. The third-order valence-corrected chi connectivity index (χ3v) is 7.88. The van der Waals surface area contributed by atoms with Crippen molar-refractivity contribution in [3.63, 3.8) is 0 Å². The molecule has 0 aromatic heterocycles. The predicted octanol–water partition coefficient (Wildman–Crippen LogP) is 10.5. The molecule has 0 bridgehead atoms. The topological polar surface area (TPSA) is 0 Å². The molecule has 1 aliphatic carbocycles. The van der Waals surface area contributed by atoms with Crippen LogP contribution in [0.25, 0.3) is 21.9 Å². The van der Waals surface area contributed by atoms with Crippen LogP contribution in [-0.4, -0.2) is 0 Å². The van der Waals surface area contributed by atoms with Gasteiger partial charge in [-0.3, -0.25) is 0 Å². The largest absolute Gasteiger partial charge is 0.419 e. The van der Waals surface area contributed by atoms with Crippen molar-refractivity contribution in [1.82, 2.24) is 0 Å². The molecule has 1 fully saturated rings. The van der Waals surface area contributed by atoms with Crippen molar-refractivity contribution in [3.8, 4) is 11.1 Å². The summed E-state index contributed by atoms with van der Waals surface area (Å²) in [6.45, 7) is 2.25. The van der Waals surface area contributed by atoms with Gasteiger partial charge in [-0.2, -0.15) is 13.2 Å². The molecule has 0 amide bonds. The van der Waals surface area contributed by atoms with Gasteiger partial charge in [0.2, 0.25) is 0 Å². The van der Waals surface area contributed by atoms with Crippen molar-refractivity contribution in [3.05, 3.63) is 71.3 Å². The lowest BCUT2D eigenvalue weighted by atomic mass is 9.77. The monoisotopic (exact) mass is 502 g/mol. The lowest BCUT2D eigenvalue weighted by Gasteiger charge is -2.28. The predicted molar refractivity (Wildman–Crippen MR) is 137 cm³/mol. The molecular formula is C31H35F5. The molecule has 0 unspecified atom stereocenters. The van der Waals surface area contributed by atoms with Gasteiger partial charge in [-0.15, -0.1) is 0 Å². The van der Waals surface area contributed by atoms with Gasteiger partial charge in [0, 0.05) is 10.9 Å². The Morgan fingerprint density at radius 3 is 2.17 bits per heavy atom. The van der Waals surface area contributed by atoms with Gasteiger partial charge in [0.1, 0.15) is 11.6 Å². The van der Waals surface area contributed by atoms with Crippen LogP contribution in [0, 0.1) is 23.5 Å². The summed E-state index contributed by atoms with van der Waals surface area (Å²) >= 11 is 0. The highest BCUT2D eigenvalue weighted by Crippen LogP contribution is 2.37. The molecule has 0 nitrogen and oxygen atoms in total. The minimum Gasteiger partial charge on any atom is -0.206 e. The maximum atomic E-state index is 15.3. The van der Waals surface area contributed by atoms with Crippen LogP contribution in [0.2, 0.25) is 0 Å². The number of benzene rings is 3. The quantitative estimate of drug-likeness (QED) is 0.202. The van der Waals surface area contributed by atoms with Gasteiger partial charge < -0.3 is 0 Å². The highest BCUT2D eigenvalue weighted by molar-refractivity contribution is 5.88. The van der Waals surface area contributed by atoms with Crippen LogP contribution in [0.1, 0.15) is 82.3 Å². The first kappa shape index (κ1) is 26.6. The number of halogens is 5. The van der Waals surface area contributed by atoms with E-state index in [9.17, 15) is 17.6 Å². The number of unbranched alkanes of at least 4 members (excludes halogenated alkanes) is 3. The Balaban J connectivity index is 1.38. The van der Waals surface area contributed by atoms with Gasteiger partial charge in [0.05, 0.1) is 5.56 Å². The maximum Gasteiger partial charge on any atom is 0.419 e. The Kier molecular flexibility index (Phi) is 8.69. The summed E-state index contributed by atoms with van der Waals surface area (Å²) in [4.78, 5) is 0. The molecule has 0 N–H and O–H groups in total. The fourth-order valence-electron chi connectivity index (χ4n) is 5.67. The Bertz CT molecular complexity index is 1160. The first-order valence-corrected chi connectivity index (χ1v) is 13.3. The van der Waals surface area contributed by atoms with E-state index in [4.69, 9.17) is 0 Å². The highest BCUT2D eigenvalue weighted by Gasteiger charge is 2.34. The van der Waals surface area contributed by atoms with Crippen molar-refractivity contribution in [1.29, 1.82) is 0 Å². The molecule has 0 saturated heterocycles. The minimum atomic E-state index is -4.78. The second-order valence-electron chi connectivity index (χ2n) is 10.4. The van der Waals surface area contributed by atoms with Crippen molar-refractivity contribution >= 4 is 10.8 Å². The fourth-order valence-corrected chi connectivity index (χ4v) is 5.67. The summed E-state index contributed by atoms with van der Waals surface area (Å²) in [7, 11) is 0. The fraction of sp³-hybridized carbons (Fsp3) is 0.484. The van der Waals surface area contributed by atoms with Gasteiger partial charge in [0.15, 0.2) is 0 Å². The van der Waals surface area contributed by atoms with Crippen LogP contribution in [0.5, 0.6) is 0 Å². The molecule has 1 aliphatic rings. The number of hydrogen-bond donors (Lipinski definition) is 0. The van der Waals surface area contributed by atoms with E-state index in [1.807, 2.05) is 12.1 Å². The summed E-state index contributed by atoms with van der Waals surface area (Å²) in [5.41, 5.74) is -0.00580. The Morgan fingerprint density at radius 1 is 0.778 bits per heavy atom. The van der Waals surface area contributed by atoms with Crippen LogP contribution in [0.15, 0.2) is 48.5 Å². The zero-order valence-corrected chi connectivity index (χ0v) is 20.9. The standard InChI is InChI=1S/C31H35F5/c1-2-3-4-5-6-21-7-9-22(10-8-21)11-12-23-13-16-26-24(19-23)14-17-27(30(26)33)25-15-18-28(29(32)20-25)31(34,35)36/h13-22H,2-12H2,1H3/t21-,22-. The summed E-state index contributed by atoms with van der Waals surface area (Å²) < 4.78 is 67.9. The van der Waals surface area contributed by atoms with Crippen molar-refractivity contribution in [2.75, 3.05) is 0 Å². The average Bonchev–Trinajstić information content (AvgIpc) is 2.85. The Morgan fingerprint density at radius 2 is 1.50 bits per heavy atom. The van der Waals surface area contributed by atoms with Crippen LogP contribution in [0.3, 0.4) is 0 Å². The molecule has 3 aromatic rings. The molecule has 194 valence electrons. The number of aryl methyl sites for hydroxylation is 1. The molecule has 0 spiro atoms. The second-order valence-corrected chi connectivity index (χ2v) is 10.4. The Hall–Kier alpha value is -2.43. The van der Waals surface area contributed by atoms with Crippen LogP contribution < -0.4 is 0 Å². The molecule has 0 aliphatic heterocycles. The number of alkyl halides is 3. The molecule has 4 rings (SSSR count). The maximum absolute atomic E-state index is 15.3. The minimum absolute atomic E-state index is 0.0879. The van der Waals surface area contributed by atoms with E-state index in [2.05, 4.69) is 6.92 Å². The van der Waals surface area contributed by atoms with E-state index in [-0.39, 0.29) is 11.1 Å². The molecular weight excluding hydrogens is 467 g/mol. The molecule has 1 saturated carbocycles. The molecule has 3 aromatic carbocycles. The lowest BCUT2D eigenvalue weighted by molar-refractivity contribution is -0.139. The zero-order chi connectivity index (χ0) is 25.7. The van der Waals surface area contributed by atoms with Crippen molar-refractivity contribution in [2.24, 2.45) is 11.8 Å². The lowest BCUT2D eigenvalue weighted by Crippen LogP contribution is -2.15. The van der Waals surface area contributed by atoms with E-state index < -0.39 is 23.4 Å². The van der Waals surface area contributed by atoms with Gasteiger partial charge >= 0.3 is 6.18 Å². The van der Waals surface area contributed by atoms with E-state index in [1.165, 1.54) is 63.9 Å². The van der Waals surface area contributed by atoms with Crippen molar-refractivity contribution in [2.45, 2.75) is 83.7 Å². The van der Waals surface area contributed by atoms with E-state index in [0.717, 1.165) is 47.8 Å². The van der Waals surface area contributed by atoms with Crippen LogP contribution in [0.4, 0.5) is 22.0 Å². The molecule has 0 heterocycles. The van der Waals surface area contributed by atoms with Gasteiger partial charge in [-0.05, 0) is 53.3 Å². The molecule has 0 atom stereocenters. The number of fused-ring (bicyclic) bond motifs is 1. The van der Waals surface area contributed by atoms with E-state index >= 15 is 4.39 Å². The van der Waals surface area contributed by atoms with Crippen LogP contribution in [-0.2, 0) is 12.6 Å². The summed E-state index contributed by atoms with van der Waals surface area (Å²) in [5.74, 6) is -0.300. The molecule has 36 heavy (non-hydrogen) atoms. The van der Waals surface area contributed by atoms with Crippen molar-refractivity contribution < 1.29 is 22.0 Å². The zero-order valence-electron chi connectivity index (χ0n) is 20.9. The SMILES string of the molecule is CCCCCC[C@H]1CC[C@H](CCc2ccc3c(F)c(-c4ccc(C(F)(F)F)c(F)c4)ccc3c2)CC1. The summed E-state index contributed by atoms with van der Waals surface area (Å²) in [5, 5.41) is 1.14. The average molecular weight is 503 g/mol. The van der Waals surface area contributed by atoms with Gasteiger partial charge in [-0.1, -0.05) is 101 Å². The second kappa shape index (κ2) is 11.7. The van der Waals surface area contributed by atoms with Gasteiger partial charge in [0.25, 0.3) is 0 Å². The highest BCUT2D eigenvalue weighted by atomic mass is 19.4. The third-order valence-electron chi connectivity index (χ3n) is 7.88. The van der Waals surface area contributed by atoms with E-state index in [1.54, 1.807) is 12.1 Å². The summed E-state index contributed by atoms with van der Waals surface area (Å²) in [6.07, 6.45) is 9.33. The first-order valence-electron chi connectivity index (χ1n) is 13.3. The molecule has 5 heteroatoms. The number of hydrogen-bond acceptors (Lipinski definition) is 0. The smallest absolute Gasteiger partial charge is 0.206 e. The third kappa shape index (κ3) is 6.46. The normalized spacial score (nSPS) is 18.6. The molecule has 0 radical (unpaired) electrons. The van der Waals surface area contributed by atoms with Crippen LogP contribution >= 0.6 is 0 Å². The van der Waals surface area contributed by atoms with E-state index in [0.29, 0.717) is 11.5 Å². The van der Waals surface area contributed by atoms with Gasteiger partial charge in [-0.25, -0.2) is 8.78 Å². The Labute approximate surface area is 210 Å².